The zero-order valence-corrected chi connectivity index (χ0v) is 6.65. The number of fused-ring (bicyclic) bond motifs is 1. The molecule has 0 heterocycles. The molecule has 1 unspecified atom stereocenters. The SMILES string of the molecule is C[P+](=O)C12CC1(C(N)=O)C2. The average Bonchev–Trinajstić information content (AvgIpc) is 2.41. The maximum atomic E-state index is 11.0. The van der Waals surface area contributed by atoms with Crippen molar-refractivity contribution >= 4 is 13.7 Å². The Hall–Kier alpha value is -0.430. The van der Waals surface area contributed by atoms with Crippen LogP contribution in [0.4, 0.5) is 0 Å². The van der Waals surface area contributed by atoms with Crippen LogP contribution in [-0.2, 0) is 9.36 Å². The van der Waals surface area contributed by atoms with Crippen molar-refractivity contribution in [3.05, 3.63) is 0 Å². The molecule has 0 aliphatic heterocycles. The van der Waals surface area contributed by atoms with Crippen molar-refractivity contribution in [2.45, 2.75) is 18.0 Å². The van der Waals surface area contributed by atoms with Gasteiger partial charge in [-0.05, 0) is 0 Å². The van der Waals surface area contributed by atoms with E-state index < -0.39 is 7.80 Å². The van der Waals surface area contributed by atoms with E-state index in [0.717, 1.165) is 12.8 Å². The van der Waals surface area contributed by atoms with Crippen LogP contribution in [0.25, 0.3) is 0 Å². The number of carbonyl (C=O) groups excluding carboxylic acids is 1. The fraction of sp³-hybridized carbons (Fsp3) is 0.833. The van der Waals surface area contributed by atoms with Gasteiger partial charge in [0, 0.05) is 12.8 Å². The van der Waals surface area contributed by atoms with Gasteiger partial charge in [0.25, 0.3) is 0 Å². The van der Waals surface area contributed by atoms with Crippen LogP contribution in [0.5, 0.6) is 0 Å². The molecule has 2 aliphatic carbocycles. The van der Waals surface area contributed by atoms with Gasteiger partial charge in [0.1, 0.15) is 12.1 Å². The van der Waals surface area contributed by atoms with Crippen molar-refractivity contribution in [1.29, 1.82) is 0 Å². The molecular weight excluding hydrogens is 149 g/mol. The molecule has 0 radical (unpaired) electrons. The molecule has 1 atom stereocenters. The molecule has 2 saturated carbocycles. The molecule has 0 spiro atoms. The summed E-state index contributed by atoms with van der Waals surface area (Å²) in [4.78, 5) is 10.7. The molecule has 3 nitrogen and oxygen atoms in total. The molecule has 0 aromatic carbocycles. The van der Waals surface area contributed by atoms with Crippen molar-refractivity contribution in [3.8, 4) is 0 Å². The summed E-state index contributed by atoms with van der Waals surface area (Å²) in [6, 6.07) is 0. The van der Waals surface area contributed by atoms with E-state index in [1.807, 2.05) is 0 Å². The van der Waals surface area contributed by atoms with Crippen molar-refractivity contribution < 1.29 is 9.36 Å². The summed E-state index contributed by atoms with van der Waals surface area (Å²) in [5, 5.41) is -0.131. The predicted octanol–water partition coefficient (Wildman–Crippen LogP) is 0.462. The molecule has 0 bridgehead atoms. The highest BCUT2D eigenvalue weighted by Crippen LogP contribution is 2.88. The van der Waals surface area contributed by atoms with Gasteiger partial charge >= 0.3 is 7.80 Å². The van der Waals surface area contributed by atoms with Gasteiger partial charge in [0.2, 0.25) is 5.91 Å². The summed E-state index contributed by atoms with van der Waals surface area (Å²) in [6.45, 7) is 1.69. The van der Waals surface area contributed by atoms with E-state index in [-0.39, 0.29) is 16.5 Å². The summed E-state index contributed by atoms with van der Waals surface area (Å²) in [7, 11) is -1.19. The van der Waals surface area contributed by atoms with Crippen molar-refractivity contribution in [1.82, 2.24) is 0 Å². The van der Waals surface area contributed by atoms with Crippen molar-refractivity contribution in [2.75, 3.05) is 6.66 Å². The third kappa shape index (κ3) is 0.400. The Bertz CT molecular complexity index is 218. The molecule has 0 aromatic rings. The largest absolute Gasteiger partial charge is 0.369 e. The summed E-state index contributed by atoms with van der Waals surface area (Å²) >= 11 is 0. The van der Waals surface area contributed by atoms with E-state index in [4.69, 9.17) is 5.73 Å². The van der Waals surface area contributed by atoms with Crippen LogP contribution in [-0.4, -0.2) is 17.7 Å². The van der Waals surface area contributed by atoms with E-state index in [1.165, 1.54) is 0 Å². The zero-order chi connectivity index (χ0) is 7.57. The van der Waals surface area contributed by atoms with Crippen LogP contribution in [0, 0.1) is 5.41 Å². The lowest BCUT2D eigenvalue weighted by Gasteiger charge is -1.87. The molecule has 10 heavy (non-hydrogen) atoms. The second-order valence-corrected chi connectivity index (χ2v) is 5.18. The Morgan fingerprint density at radius 2 is 2.10 bits per heavy atom. The lowest BCUT2D eigenvalue weighted by Crippen LogP contribution is -2.17. The monoisotopic (exact) mass is 158 g/mol. The first-order valence-electron chi connectivity index (χ1n) is 3.26. The predicted molar refractivity (Wildman–Crippen MR) is 37.1 cm³/mol. The molecule has 2 N–H and O–H groups in total. The minimum atomic E-state index is -1.19. The second kappa shape index (κ2) is 1.28. The number of rotatable bonds is 2. The Morgan fingerprint density at radius 3 is 2.20 bits per heavy atom. The first kappa shape index (κ1) is 6.29. The zero-order valence-electron chi connectivity index (χ0n) is 5.76. The lowest BCUT2D eigenvalue weighted by atomic mass is 10.2. The van der Waals surface area contributed by atoms with E-state index in [0.29, 0.717) is 0 Å². The highest BCUT2D eigenvalue weighted by Gasteiger charge is 2.96. The molecule has 1 amide bonds. The van der Waals surface area contributed by atoms with Gasteiger partial charge in [-0.2, -0.15) is 0 Å². The topological polar surface area (TPSA) is 60.2 Å². The van der Waals surface area contributed by atoms with E-state index >= 15 is 0 Å². The number of carbonyl (C=O) groups is 1. The smallest absolute Gasteiger partial charge is 0.343 e. The first-order chi connectivity index (χ1) is 4.55. The summed E-state index contributed by atoms with van der Waals surface area (Å²) in [6.07, 6.45) is 1.56. The van der Waals surface area contributed by atoms with Crippen molar-refractivity contribution in [2.24, 2.45) is 11.1 Å². The molecule has 0 aromatic heterocycles. The Kier molecular flexibility index (Phi) is 0.807. The van der Waals surface area contributed by atoms with E-state index in [2.05, 4.69) is 0 Å². The standard InChI is InChI=1S/C6H8NO2P/c1-10(9)6-2-5(6,3-6)4(7)8/h2-3H2,1H3,(H-,7,8)/p+1. The molecule has 2 fully saturated rings. The van der Waals surface area contributed by atoms with Gasteiger partial charge in [-0.3, -0.25) is 4.79 Å². The first-order valence-corrected chi connectivity index (χ1v) is 4.97. The fourth-order valence-electron chi connectivity index (χ4n) is 1.79. The quantitative estimate of drug-likeness (QED) is 0.593. The second-order valence-electron chi connectivity index (χ2n) is 3.33. The Balaban J connectivity index is 2.22. The number of amides is 1. The number of nitrogens with two attached hydrogens (primary N) is 1. The van der Waals surface area contributed by atoms with E-state index in [9.17, 15) is 9.36 Å². The fourth-order valence-corrected chi connectivity index (χ4v) is 3.48. The van der Waals surface area contributed by atoms with E-state index in [1.54, 1.807) is 6.66 Å². The van der Waals surface area contributed by atoms with Gasteiger partial charge in [-0.15, -0.1) is 0 Å². The van der Waals surface area contributed by atoms with Gasteiger partial charge < -0.3 is 5.73 Å². The van der Waals surface area contributed by atoms with Crippen LogP contribution in [0.2, 0.25) is 0 Å². The van der Waals surface area contributed by atoms with Crippen LogP contribution in [0.3, 0.4) is 0 Å². The Labute approximate surface area is 59.8 Å². The minimum absolute atomic E-state index is 0.131. The molecule has 4 heteroatoms. The normalized spacial score (nSPS) is 49.5. The number of hydrogen-bond donors (Lipinski definition) is 1. The average molecular weight is 158 g/mol. The van der Waals surface area contributed by atoms with Gasteiger partial charge in [-0.1, -0.05) is 4.57 Å². The van der Waals surface area contributed by atoms with Crippen LogP contribution >= 0.6 is 7.80 Å². The highest BCUT2D eigenvalue weighted by atomic mass is 31.1. The molecule has 2 rings (SSSR count). The summed E-state index contributed by atoms with van der Waals surface area (Å²) in [5.74, 6) is -0.252. The maximum Gasteiger partial charge on any atom is 0.343 e. The van der Waals surface area contributed by atoms with Gasteiger partial charge in [-0.25, -0.2) is 0 Å². The maximum absolute atomic E-state index is 11.0. The van der Waals surface area contributed by atoms with Crippen LogP contribution in [0.1, 0.15) is 12.8 Å². The van der Waals surface area contributed by atoms with Gasteiger partial charge in [0.05, 0.1) is 0 Å². The molecular formula is C6H9NO2P+. The number of primary amides is 1. The van der Waals surface area contributed by atoms with Gasteiger partial charge in [0.15, 0.2) is 5.16 Å². The summed E-state index contributed by atoms with van der Waals surface area (Å²) in [5.41, 5.74) is 4.82. The summed E-state index contributed by atoms with van der Waals surface area (Å²) < 4.78 is 11.0. The molecule has 2 aliphatic rings. The van der Waals surface area contributed by atoms with Crippen LogP contribution in [0.15, 0.2) is 0 Å². The molecule has 54 valence electrons. The van der Waals surface area contributed by atoms with Crippen LogP contribution < -0.4 is 5.73 Å². The highest BCUT2D eigenvalue weighted by molar-refractivity contribution is 7.47. The molecule has 0 saturated heterocycles. The third-order valence-corrected chi connectivity index (χ3v) is 4.85. The lowest BCUT2D eigenvalue weighted by molar-refractivity contribution is -0.121. The minimum Gasteiger partial charge on any atom is -0.369 e. The number of hydrogen-bond acceptors (Lipinski definition) is 2. The third-order valence-electron chi connectivity index (χ3n) is 2.90. The van der Waals surface area contributed by atoms with Crippen molar-refractivity contribution in [3.63, 3.8) is 0 Å². The Morgan fingerprint density at radius 1 is 1.60 bits per heavy atom.